The fourth-order valence-electron chi connectivity index (χ4n) is 1.29. The van der Waals surface area contributed by atoms with Crippen LogP contribution in [0.1, 0.15) is 18.1 Å². The Labute approximate surface area is 98.3 Å². The average Bonchev–Trinajstić information content (AvgIpc) is 2.20. The van der Waals surface area contributed by atoms with E-state index in [-0.39, 0.29) is 12.6 Å². The molecule has 0 aliphatic heterocycles. The highest BCUT2D eigenvalue weighted by Gasteiger charge is 2.07. The number of phenolic OH excluding ortho intramolecular Hbond substituents is 1. The molecule has 0 aliphatic rings. The Hall–Kier alpha value is -0.580. The monoisotopic (exact) mass is 273 g/mol. The molecular formula is C11H16BrNO2. The van der Waals surface area contributed by atoms with Crippen molar-refractivity contribution in [2.24, 2.45) is 0 Å². The zero-order valence-corrected chi connectivity index (χ0v) is 10.5. The van der Waals surface area contributed by atoms with E-state index in [0.29, 0.717) is 12.3 Å². The molecule has 0 amide bonds. The second kappa shape index (κ2) is 5.49. The van der Waals surface area contributed by atoms with Gasteiger partial charge in [0.15, 0.2) is 0 Å². The summed E-state index contributed by atoms with van der Waals surface area (Å²) >= 11 is 3.38. The van der Waals surface area contributed by atoms with Crippen molar-refractivity contribution >= 4 is 15.9 Å². The normalized spacial score (nSPS) is 12.8. The van der Waals surface area contributed by atoms with Gasteiger partial charge in [-0.15, -0.1) is 0 Å². The quantitative estimate of drug-likeness (QED) is 0.786. The Morgan fingerprint density at radius 1 is 1.47 bits per heavy atom. The molecule has 0 saturated heterocycles. The fraction of sp³-hybridized carbons (Fsp3) is 0.455. The molecule has 3 N–H and O–H groups in total. The molecule has 0 radical (unpaired) electrons. The van der Waals surface area contributed by atoms with Crippen LogP contribution in [0, 0.1) is 6.92 Å². The van der Waals surface area contributed by atoms with Gasteiger partial charge in [-0.1, -0.05) is 15.9 Å². The first-order valence-electron chi connectivity index (χ1n) is 4.86. The molecule has 0 saturated carbocycles. The van der Waals surface area contributed by atoms with E-state index >= 15 is 0 Å². The summed E-state index contributed by atoms with van der Waals surface area (Å²) in [7, 11) is 0. The molecule has 1 atom stereocenters. The van der Waals surface area contributed by atoms with Gasteiger partial charge in [0, 0.05) is 22.6 Å². The Balaban J connectivity index is 2.76. The van der Waals surface area contributed by atoms with Gasteiger partial charge in [0.1, 0.15) is 5.75 Å². The standard InChI is InChI=1S/C11H16BrNO2/c1-7-3-10(12)4-9(11(7)15)5-13-8(2)6-14/h3-4,8,13-15H,5-6H2,1-2H3/t8-/m1/s1. The number of phenols is 1. The summed E-state index contributed by atoms with van der Waals surface area (Å²) in [5.41, 5.74) is 1.68. The molecule has 0 unspecified atom stereocenters. The number of halogens is 1. The van der Waals surface area contributed by atoms with Crippen LogP contribution in [0.25, 0.3) is 0 Å². The van der Waals surface area contributed by atoms with E-state index in [1.165, 1.54) is 0 Å². The lowest BCUT2D eigenvalue weighted by Gasteiger charge is -2.13. The Bertz CT molecular complexity index is 342. The van der Waals surface area contributed by atoms with Crippen molar-refractivity contribution in [2.75, 3.05) is 6.61 Å². The maximum Gasteiger partial charge on any atom is 0.123 e. The van der Waals surface area contributed by atoms with Gasteiger partial charge < -0.3 is 15.5 Å². The molecule has 0 bridgehead atoms. The van der Waals surface area contributed by atoms with E-state index in [0.717, 1.165) is 15.6 Å². The average molecular weight is 274 g/mol. The molecule has 1 aromatic rings. The maximum absolute atomic E-state index is 9.78. The Morgan fingerprint density at radius 3 is 2.73 bits per heavy atom. The number of aromatic hydroxyl groups is 1. The Kier molecular flexibility index (Phi) is 4.57. The van der Waals surface area contributed by atoms with E-state index in [1.807, 2.05) is 26.0 Å². The fourth-order valence-corrected chi connectivity index (χ4v) is 1.91. The van der Waals surface area contributed by atoms with Crippen LogP contribution in [0.2, 0.25) is 0 Å². The van der Waals surface area contributed by atoms with Crippen molar-refractivity contribution in [3.63, 3.8) is 0 Å². The summed E-state index contributed by atoms with van der Waals surface area (Å²) < 4.78 is 0.950. The molecule has 84 valence electrons. The first-order valence-corrected chi connectivity index (χ1v) is 5.66. The van der Waals surface area contributed by atoms with Crippen molar-refractivity contribution in [3.05, 3.63) is 27.7 Å². The predicted octanol–water partition coefficient (Wildman–Crippen LogP) is 1.93. The van der Waals surface area contributed by atoms with Crippen LogP contribution >= 0.6 is 15.9 Å². The molecular weight excluding hydrogens is 258 g/mol. The Morgan fingerprint density at radius 2 is 2.13 bits per heavy atom. The van der Waals surface area contributed by atoms with E-state index in [2.05, 4.69) is 21.2 Å². The van der Waals surface area contributed by atoms with Gasteiger partial charge in [0.2, 0.25) is 0 Å². The highest BCUT2D eigenvalue weighted by molar-refractivity contribution is 9.10. The lowest BCUT2D eigenvalue weighted by atomic mass is 10.1. The van der Waals surface area contributed by atoms with Gasteiger partial charge in [0.05, 0.1) is 6.61 Å². The maximum atomic E-state index is 9.78. The number of aryl methyl sites for hydroxylation is 1. The van der Waals surface area contributed by atoms with Gasteiger partial charge >= 0.3 is 0 Å². The number of hydrogen-bond acceptors (Lipinski definition) is 3. The van der Waals surface area contributed by atoms with Crippen LogP contribution in [0.5, 0.6) is 5.75 Å². The zero-order valence-electron chi connectivity index (χ0n) is 8.92. The third-order valence-corrected chi connectivity index (χ3v) is 2.72. The summed E-state index contributed by atoms with van der Waals surface area (Å²) in [5.74, 6) is 0.316. The second-order valence-corrected chi connectivity index (χ2v) is 4.61. The van der Waals surface area contributed by atoms with Gasteiger partial charge in [0.25, 0.3) is 0 Å². The largest absolute Gasteiger partial charge is 0.507 e. The number of hydrogen-bond donors (Lipinski definition) is 3. The van der Waals surface area contributed by atoms with Crippen LogP contribution < -0.4 is 5.32 Å². The van der Waals surface area contributed by atoms with Gasteiger partial charge in [-0.2, -0.15) is 0 Å². The smallest absolute Gasteiger partial charge is 0.123 e. The molecule has 1 aromatic carbocycles. The van der Waals surface area contributed by atoms with Crippen LogP contribution in [-0.2, 0) is 6.54 Å². The van der Waals surface area contributed by atoms with E-state index < -0.39 is 0 Å². The van der Waals surface area contributed by atoms with Crippen molar-refractivity contribution in [1.82, 2.24) is 5.32 Å². The van der Waals surface area contributed by atoms with Crippen LogP contribution in [0.15, 0.2) is 16.6 Å². The lowest BCUT2D eigenvalue weighted by Crippen LogP contribution is -2.28. The van der Waals surface area contributed by atoms with E-state index in [4.69, 9.17) is 5.11 Å². The minimum Gasteiger partial charge on any atom is -0.507 e. The molecule has 3 nitrogen and oxygen atoms in total. The molecule has 15 heavy (non-hydrogen) atoms. The number of nitrogens with one attached hydrogen (secondary N) is 1. The molecule has 4 heteroatoms. The first kappa shape index (κ1) is 12.5. The number of rotatable bonds is 4. The number of aliphatic hydroxyl groups is 1. The molecule has 0 aliphatic carbocycles. The summed E-state index contributed by atoms with van der Waals surface area (Å²) in [6.45, 7) is 4.39. The third-order valence-electron chi connectivity index (χ3n) is 2.26. The summed E-state index contributed by atoms with van der Waals surface area (Å²) in [6.07, 6.45) is 0. The number of benzene rings is 1. The van der Waals surface area contributed by atoms with E-state index in [1.54, 1.807) is 0 Å². The highest BCUT2D eigenvalue weighted by Crippen LogP contribution is 2.26. The van der Waals surface area contributed by atoms with Crippen molar-refractivity contribution in [3.8, 4) is 5.75 Å². The highest BCUT2D eigenvalue weighted by atomic mass is 79.9. The van der Waals surface area contributed by atoms with Crippen molar-refractivity contribution in [1.29, 1.82) is 0 Å². The first-order chi connectivity index (χ1) is 7.04. The third kappa shape index (κ3) is 3.48. The second-order valence-electron chi connectivity index (χ2n) is 3.69. The minimum absolute atomic E-state index is 0.0312. The lowest BCUT2D eigenvalue weighted by molar-refractivity contribution is 0.250. The SMILES string of the molecule is Cc1cc(Br)cc(CN[C@H](C)CO)c1O. The summed E-state index contributed by atoms with van der Waals surface area (Å²) in [4.78, 5) is 0. The van der Waals surface area contributed by atoms with Crippen LogP contribution in [0.4, 0.5) is 0 Å². The topological polar surface area (TPSA) is 52.5 Å². The zero-order chi connectivity index (χ0) is 11.4. The predicted molar refractivity (Wildman–Crippen MR) is 63.9 cm³/mol. The van der Waals surface area contributed by atoms with Crippen molar-refractivity contribution < 1.29 is 10.2 Å². The molecule has 0 fully saturated rings. The van der Waals surface area contributed by atoms with Gasteiger partial charge in [-0.3, -0.25) is 0 Å². The summed E-state index contributed by atoms with van der Waals surface area (Å²) in [5, 5.41) is 21.8. The van der Waals surface area contributed by atoms with Crippen molar-refractivity contribution in [2.45, 2.75) is 26.4 Å². The minimum atomic E-state index is 0.0312. The van der Waals surface area contributed by atoms with Crippen LogP contribution in [0.3, 0.4) is 0 Å². The van der Waals surface area contributed by atoms with Gasteiger partial charge in [-0.05, 0) is 31.5 Å². The molecule has 1 rings (SSSR count). The van der Waals surface area contributed by atoms with Crippen LogP contribution in [-0.4, -0.2) is 22.9 Å². The molecule has 0 heterocycles. The summed E-state index contributed by atoms with van der Waals surface area (Å²) in [6, 6.07) is 3.77. The molecule has 0 spiro atoms. The van der Waals surface area contributed by atoms with E-state index in [9.17, 15) is 5.11 Å². The number of aliphatic hydroxyl groups excluding tert-OH is 1. The molecule has 0 aromatic heterocycles. The van der Waals surface area contributed by atoms with Gasteiger partial charge in [-0.25, -0.2) is 0 Å².